The molecule has 0 aliphatic carbocycles. The van der Waals surface area contributed by atoms with Gasteiger partial charge in [-0.05, 0) is 55.3 Å². The van der Waals surface area contributed by atoms with Crippen LogP contribution in [0.3, 0.4) is 0 Å². The third-order valence-electron chi connectivity index (χ3n) is 4.17. The van der Waals surface area contributed by atoms with Crippen molar-refractivity contribution < 1.29 is 13.2 Å². The number of rotatable bonds is 9. The average molecular weight is 488 g/mol. The Kier molecular flexibility index (Phi) is 8.49. The highest BCUT2D eigenvalue weighted by Gasteiger charge is 2.27. The highest BCUT2D eigenvalue weighted by molar-refractivity contribution is 9.10. The van der Waals surface area contributed by atoms with E-state index in [4.69, 9.17) is 11.6 Å². The fourth-order valence-corrected chi connectivity index (χ4v) is 4.54. The van der Waals surface area contributed by atoms with Crippen molar-refractivity contribution in [2.24, 2.45) is 0 Å². The van der Waals surface area contributed by atoms with Gasteiger partial charge in [-0.15, -0.1) is 0 Å². The Morgan fingerprint density at radius 2 is 1.75 bits per heavy atom. The van der Waals surface area contributed by atoms with Crippen LogP contribution in [0.5, 0.6) is 0 Å². The molecule has 0 aromatic heterocycles. The molecule has 0 bridgehead atoms. The van der Waals surface area contributed by atoms with E-state index < -0.39 is 10.0 Å². The lowest BCUT2D eigenvalue weighted by Gasteiger charge is -2.23. The molecule has 2 aromatic rings. The van der Waals surface area contributed by atoms with Gasteiger partial charge in [-0.3, -0.25) is 4.79 Å². The van der Waals surface area contributed by atoms with E-state index in [1.54, 1.807) is 0 Å². The van der Waals surface area contributed by atoms with E-state index >= 15 is 0 Å². The third-order valence-corrected chi connectivity index (χ3v) is 6.76. The summed E-state index contributed by atoms with van der Waals surface area (Å²) in [5.41, 5.74) is 0.787. The van der Waals surface area contributed by atoms with E-state index in [9.17, 15) is 13.2 Å². The van der Waals surface area contributed by atoms with Crippen molar-refractivity contribution >= 4 is 43.5 Å². The SMILES string of the molecule is CCC[C@@H](C)NC(=O)CN(Cc1ccc(Br)cc1)S(=O)(=O)c1ccc(Cl)cc1. The molecule has 0 fully saturated rings. The van der Waals surface area contributed by atoms with Crippen molar-refractivity contribution in [3.63, 3.8) is 0 Å². The van der Waals surface area contributed by atoms with E-state index in [1.807, 2.05) is 38.1 Å². The zero-order valence-corrected chi connectivity index (χ0v) is 19.0. The van der Waals surface area contributed by atoms with E-state index in [0.717, 1.165) is 22.9 Å². The second-order valence-electron chi connectivity index (χ2n) is 6.61. The number of carbonyl (C=O) groups excluding carboxylic acids is 1. The number of hydrogen-bond acceptors (Lipinski definition) is 3. The van der Waals surface area contributed by atoms with Crippen LogP contribution in [0, 0.1) is 0 Å². The van der Waals surface area contributed by atoms with Gasteiger partial charge in [-0.25, -0.2) is 8.42 Å². The van der Waals surface area contributed by atoms with Gasteiger partial charge >= 0.3 is 0 Å². The van der Waals surface area contributed by atoms with Crippen molar-refractivity contribution in [3.05, 3.63) is 63.6 Å². The summed E-state index contributed by atoms with van der Waals surface area (Å²) in [6.45, 7) is 3.78. The molecular weight excluding hydrogens is 464 g/mol. The quantitative estimate of drug-likeness (QED) is 0.562. The predicted octanol–water partition coefficient (Wildman–Crippen LogP) is 4.60. The lowest BCUT2D eigenvalue weighted by Crippen LogP contribution is -2.43. The van der Waals surface area contributed by atoms with Gasteiger partial charge in [0.15, 0.2) is 0 Å². The molecule has 5 nitrogen and oxygen atoms in total. The van der Waals surface area contributed by atoms with E-state index in [1.165, 1.54) is 28.6 Å². The second kappa shape index (κ2) is 10.4. The first-order valence-electron chi connectivity index (χ1n) is 9.02. The highest BCUT2D eigenvalue weighted by atomic mass is 79.9. The first-order chi connectivity index (χ1) is 13.2. The van der Waals surface area contributed by atoms with E-state index in [0.29, 0.717) is 5.02 Å². The summed E-state index contributed by atoms with van der Waals surface area (Å²) in [7, 11) is -3.87. The maximum atomic E-state index is 13.2. The van der Waals surface area contributed by atoms with Gasteiger partial charge in [0.2, 0.25) is 15.9 Å². The molecule has 0 saturated carbocycles. The Morgan fingerprint density at radius 1 is 1.14 bits per heavy atom. The summed E-state index contributed by atoms with van der Waals surface area (Å²) < 4.78 is 28.4. The molecule has 0 heterocycles. The molecule has 2 aromatic carbocycles. The average Bonchev–Trinajstić information content (AvgIpc) is 2.63. The standard InChI is InChI=1S/C20H24BrClN2O3S/c1-3-4-15(2)23-20(25)14-24(13-16-5-7-17(21)8-6-16)28(26,27)19-11-9-18(22)10-12-19/h5-12,15H,3-4,13-14H2,1-2H3,(H,23,25)/t15-/m1/s1. The zero-order chi connectivity index (χ0) is 20.7. The lowest BCUT2D eigenvalue weighted by molar-refractivity contribution is -0.122. The number of benzene rings is 2. The molecule has 152 valence electrons. The first-order valence-corrected chi connectivity index (χ1v) is 11.6. The number of amides is 1. The number of sulfonamides is 1. The minimum absolute atomic E-state index is 0.00901. The van der Waals surface area contributed by atoms with Gasteiger partial charge in [0.25, 0.3) is 0 Å². The van der Waals surface area contributed by atoms with Crippen molar-refractivity contribution in [1.82, 2.24) is 9.62 Å². The first kappa shape index (κ1) is 22.9. The van der Waals surface area contributed by atoms with E-state index in [2.05, 4.69) is 21.2 Å². The Labute approximate surface area is 180 Å². The fourth-order valence-electron chi connectivity index (χ4n) is 2.76. The van der Waals surface area contributed by atoms with Crippen LogP contribution in [-0.4, -0.2) is 31.2 Å². The van der Waals surface area contributed by atoms with Crippen molar-refractivity contribution in [3.8, 4) is 0 Å². The van der Waals surface area contributed by atoms with Gasteiger partial charge in [-0.1, -0.05) is 53.0 Å². The maximum Gasteiger partial charge on any atom is 0.243 e. The molecule has 1 atom stereocenters. The Bertz CT molecular complexity index is 887. The van der Waals surface area contributed by atoms with Gasteiger partial charge < -0.3 is 5.32 Å². The van der Waals surface area contributed by atoms with Crippen LogP contribution >= 0.6 is 27.5 Å². The summed E-state index contributed by atoms with van der Waals surface area (Å²) in [5.74, 6) is -0.324. The van der Waals surface area contributed by atoms with Crippen molar-refractivity contribution in [2.45, 2.75) is 44.2 Å². The number of nitrogens with zero attached hydrogens (tertiary/aromatic N) is 1. The second-order valence-corrected chi connectivity index (χ2v) is 9.90. The molecule has 0 aliphatic rings. The summed E-state index contributed by atoms with van der Waals surface area (Å²) >= 11 is 9.25. The zero-order valence-electron chi connectivity index (χ0n) is 15.9. The van der Waals surface area contributed by atoms with E-state index in [-0.39, 0.29) is 29.9 Å². The number of hydrogen-bond donors (Lipinski definition) is 1. The van der Waals surface area contributed by atoms with Crippen LogP contribution in [0.4, 0.5) is 0 Å². The molecule has 2 rings (SSSR count). The Morgan fingerprint density at radius 3 is 2.32 bits per heavy atom. The summed E-state index contributed by atoms with van der Waals surface area (Å²) in [6.07, 6.45) is 1.77. The normalized spacial score (nSPS) is 12.8. The third kappa shape index (κ3) is 6.58. The van der Waals surface area contributed by atoms with Crippen LogP contribution in [0.15, 0.2) is 57.9 Å². The predicted molar refractivity (Wildman–Crippen MR) is 116 cm³/mol. The molecule has 1 amide bonds. The van der Waals surface area contributed by atoms with Gasteiger partial charge in [0, 0.05) is 22.1 Å². The summed E-state index contributed by atoms with van der Waals surface area (Å²) in [4.78, 5) is 12.6. The minimum Gasteiger partial charge on any atom is -0.353 e. The van der Waals surface area contributed by atoms with Gasteiger partial charge in [-0.2, -0.15) is 4.31 Å². The maximum absolute atomic E-state index is 13.2. The molecule has 1 N–H and O–H groups in total. The van der Waals surface area contributed by atoms with Crippen LogP contribution in [0.2, 0.25) is 5.02 Å². The monoisotopic (exact) mass is 486 g/mol. The highest BCUT2D eigenvalue weighted by Crippen LogP contribution is 2.21. The molecule has 28 heavy (non-hydrogen) atoms. The molecule has 0 unspecified atom stereocenters. The summed E-state index contributed by atoms with van der Waals surface area (Å²) in [5, 5.41) is 3.31. The lowest BCUT2D eigenvalue weighted by atomic mass is 10.2. The Balaban J connectivity index is 2.27. The molecule has 0 spiro atoms. The number of nitrogens with one attached hydrogen (secondary N) is 1. The van der Waals surface area contributed by atoms with Crippen LogP contribution in [0.25, 0.3) is 0 Å². The van der Waals surface area contributed by atoms with Crippen LogP contribution in [0.1, 0.15) is 32.3 Å². The fraction of sp³-hybridized carbons (Fsp3) is 0.350. The topological polar surface area (TPSA) is 66.5 Å². The number of carbonyl (C=O) groups is 1. The Hall–Kier alpha value is -1.41. The molecule has 0 saturated heterocycles. The number of halogens is 2. The molecular formula is C20H24BrClN2O3S. The van der Waals surface area contributed by atoms with Gasteiger partial charge in [0.05, 0.1) is 11.4 Å². The smallest absolute Gasteiger partial charge is 0.243 e. The van der Waals surface area contributed by atoms with Gasteiger partial charge in [0.1, 0.15) is 0 Å². The molecule has 8 heteroatoms. The molecule has 0 aliphatic heterocycles. The molecule has 0 radical (unpaired) electrons. The van der Waals surface area contributed by atoms with Crippen molar-refractivity contribution in [1.29, 1.82) is 0 Å². The van der Waals surface area contributed by atoms with Crippen LogP contribution < -0.4 is 5.32 Å². The van der Waals surface area contributed by atoms with Crippen molar-refractivity contribution in [2.75, 3.05) is 6.54 Å². The largest absolute Gasteiger partial charge is 0.353 e. The van der Waals surface area contributed by atoms with Crippen LogP contribution in [-0.2, 0) is 21.4 Å². The minimum atomic E-state index is -3.87. The summed E-state index contributed by atoms with van der Waals surface area (Å²) in [6, 6.07) is 13.3.